The fourth-order valence-corrected chi connectivity index (χ4v) is 3.52. The second-order valence-corrected chi connectivity index (χ2v) is 6.82. The molecule has 0 atom stereocenters. The zero-order valence-electron chi connectivity index (χ0n) is 14.7. The highest BCUT2D eigenvalue weighted by Gasteiger charge is 2.20. The molecule has 0 bridgehead atoms. The summed E-state index contributed by atoms with van der Waals surface area (Å²) in [5.74, 6) is 0.446. The molecule has 1 saturated carbocycles. The molecular formula is C22H28FN. The molecule has 0 aromatic heterocycles. The normalized spacial score (nSPS) is 21.8. The van der Waals surface area contributed by atoms with E-state index in [1.165, 1.54) is 61.8 Å². The van der Waals surface area contributed by atoms with Gasteiger partial charge in [0.25, 0.3) is 0 Å². The SMILES string of the molecule is CCCCCc1ccc([C@H]2CC[C@H](/C=C/C=C(\F)C#N)CC2)cc1. The largest absolute Gasteiger partial charge is 0.199 e. The number of hydrogen-bond acceptors (Lipinski definition) is 1. The lowest BCUT2D eigenvalue weighted by molar-refractivity contribution is 0.376. The summed E-state index contributed by atoms with van der Waals surface area (Å²) in [5.41, 5.74) is 2.92. The van der Waals surface area contributed by atoms with Crippen molar-refractivity contribution in [2.24, 2.45) is 5.92 Å². The lowest BCUT2D eigenvalue weighted by atomic mass is 9.78. The Morgan fingerprint density at radius 2 is 1.88 bits per heavy atom. The molecular weight excluding hydrogens is 297 g/mol. The maximum atomic E-state index is 12.7. The average molecular weight is 325 g/mol. The van der Waals surface area contributed by atoms with Crippen molar-refractivity contribution in [3.63, 3.8) is 0 Å². The minimum absolute atomic E-state index is 0.511. The van der Waals surface area contributed by atoms with E-state index in [9.17, 15) is 4.39 Å². The zero-order valence-corrected chi connectivity index (χ0v) is 14.7. The van der Waals surface area contributed by atoms with E-state index in [0.29, 0.717) is 11.8 Å². The van der Waals surface area contributed by atoms with Gasteiger partial charge in [-0.15, -0.1) is 0 Å². The molecule has 1 nitrogen and oxygen atoms in total. The number of benzene rings is 1. The molecule has 1 aromatic carbocycles. The van der Waals surface area contributed by atoms with Gasteiger partial charge in [-0.1, -0.05) is 56.2 Å². The molecule has 1 fully saturated rings. The van der Waals surface area contributed by atoms with E-state index in [4.69, 9.17) is 5.26 Å². The molecule has 1 aliphatic rings. The molecule has 0 saturated heterocycles. The second-order valence-electron chi connectivity index (χ2n) is 6.82. The number of rotatable bonds is 7. The molecule has 0 unspecified atom stereocenters. The van der Waals surface area contributed by atoms with Gasteiger partial charge in [0, 0.05) is 0 Å². The smallest absolute Gasteiger partial charge is 0.195 e. The number of hydrogen-bond donors (Lipinski definition) is 0. The van der Waals surface area contributed by atoms with Crippen LogP contribution in [0.25, 0.3) is 0 Å². The summed E-state index contributed by atoms with van der Waals surface area (Å²) in [4.78, 5) is 0. The van der Waals surface area contributed by atoms with E-state index in [1.54, 1.807) is 6.08 Å². The van der Waals surface area contributed by atoms with Gasteiger partial charge in [-0.3, -0.25) is 0 Å². The van der Waals surface area contributed by atoms with Crippen LogP contribution < -0.4 is 0 Å². The fourth-order valence-electron chi connectivity index (χ4n) is 3.52. The molecule has 128 valence electrons. The van der Waals surface area contributed by atoms with Gasteiger partial charge in [0.2, 0.25) is 0 Å². The molecule has 2 heteroatoms. The number of aryl methyl sites for hydroxylation is 1. The van der Waals surface area contributed by atoms with Crippen LogP contribution in [-0.4, -0.2) is 0 Å². The summed E-state index contributed by atoms with van der Waals surface area (Å²) in [6, 6.07) is 10.7. The minimum atomic E-state index is -0.723. The summed E-state index contributed by atoms with van der Waals surface area (Å²) < 4.78 is 12.7. The molecule has 24 heavy (non-hydrogen) atoms. The summed E-state index contributed by atoms with van der Waals surface area (Å²) in [6.45, 7) is 2.24. The van der Waals surface area contributed by atoms with Crippen molar-refractivity contribution < 1.29 is 4.39 Å². The van der Waals surface area contributed by atoms with Crippen molar-refractivity contribution in [2.45, 2.75) is 64.2 Å². The first kappa shape index (κ1) is 18.5. The minimum Gasteiger partial charge on any atom is -0.195 e. The maximum Gasteiger partial charge on any atom is 0.199 e. The van der Waals surface area contributed by atoms with Crippen LogP contribution in [0.2, 0.25) is 0 Å². The third kappa shape index (κ3) is 5.96. The van der Waals surface area contributed by atoms with Gasteiger partial charge in [-0.05, 0) is 67.6 Å². The highest BCUT2D eigenvalue weighted by Crippen LogP contribution is 2.36. The van der Waals surface area contributed by atoms with Crippen LogP contribution in [0.1, 0.15) is 68.9 Å². The van der Waals surface area contributed by atoms with Gasteiger partial charge in [0.15, 0.2) is 5.83 Å². The Morgan fingerprint density at radius 3 is 2.50 bits per heavy atom. The lowest BCUT2D eigenvalue weighted by Gasteiger charge is -2.27. The van der Waals surface area contributed by atoms with Crippen LogP contribution in [-0.2, 0) is 6.42 Å². The van der Waals surface area contributed by atoms with E-state index < -0.39 is 5.83 Å². The van der Waals surface area contributed by atoms with Crippen LogP contribution in [0.5, 0.6) is 0 Å². The average Bonchev–Trinajstić information content (AvgIpc) is 2.63. The summed E-state index contributed by atoms with van der Waals surface area (Å²) in [7, 11) is 0. The van der Waals surface area contributed by atoms with Crippen LogP contribution in [0, 0.1) is 17.2 Å². The molecule has 1 aromatic rings. The molecule has 0 aliphatic heterocycles. The highest BCUT2D eigenvalue weighted by atomic mass is 19.1. The van der Waals surface area contributed by atoms with Crippen molar-refractivity contribution in [1.29, 1.82) is 5.26 Å². The Morgan fingerprint density at radius 1 is 1.17 bits per heavy atom. The summed E-state index contributed by atoms with van der Waals surface area (Å²) in [6.07, 6.45) is 14.7. The number of nitrogens with zero attached hydrogens (tertiary/aromatic N) is 1. The first-order valence-electron chi connectivity index (χ1n) is 9.25. The molecule has 0 radical (unpaired) electrons. The van der Waals surface area contributed by atoms with Crippen molar-refractivity contribution in [3.05, 3.63) is 59.4 Å². The number of unbranched alkanes of at least 4 members (excludes halogenated alkanes) is 2. The summed E-state index contributed by atoms with van der Waals surface area (Å²) >= 11 is 0. The van der Waals surface area contributed by atoms with Crippen LogP contribution in [0.3, 0.4) is 0 Å². The number of halogens is 1. The topological polar surface area (TPSA) is 23.8 Å². The Bertz CT molecular complexity index is 583. The van der Waals surface area contributed by atoms with E-state index in [1.807, 2.05) is 6.08 Å². The highest BCUT2D eigenvalue weighted by molar-refractivity contribution is 5.26. The monoisotopic (exact) mass is 325 g/mol. The van der Waals surface area contributed by atoms with E-state index >= 15 is 0 Å². The first-order valence-corrected chi connectivity index (χ1v) is 9.25. The Kier molecular flexibility index (Phi) is 7.75. The van der Waals surface area contributed by atoms with Gasteiger partial charge in [0.1, 0.15) is 6.07 Å². The van der Waals surface area contributed by atoms with Crippen molar-refractivity contribution in [3.8, 4) is 6.07 Å². The third-order valence-corrected chi connectivity index (χ3v) is 5.02. The molecule has 0 amide bonds. The Balaban J connectivity index is 1.80. The van der Waals surface area contributed by atoms with E-state index in [0.717, 1.165) is 12.8 Å². The van der Waals surface area contributed by atoms with Crippen molar-refractivity contribution in [1.82, 2.24) is 0 Å². The summed E-state index contributed by atoms with van der Waals surface area (Å²) in [5, 5.41) is 8.39. The quantitative estimate of drug-likeness (QED) is 0.314. The fraction of sp³-hybridized carbons (Fsp3) is 0.500. The van der Waals surface area contributed by atoms with Crippen molar-refractivity contribution >= 4 is 0 Å². The molecule has 2 rings (SSSR count). The molecule has 0 N–H and O–H groups in total. The first-order chi connectivity index (χ1) is 11.7. The zero-order chi connectivity index (χ0) is 17.2. The van der Waals surface area contributed by atoms with E-state index in [-0.39, 0.29) is 0 Å². The molecule has 0 heterocycles. The van der Waals surface area contributed by atoms with Crippen LogP contribution >= 0.6 is 0 Å². The van der Waals surface area contributed by atoms with E-state index in [2.05, 4.69) is 31.2 Å². The van der Waals surface area contributed by atoms with Crippen LogP contribution in [0.4, 0.5) is 4.39 Å². The number of allylic oxidation sites excluding steroid dienone is 4. The third-order valence-electron chi connectivity index (χ3n) is 5.02. The Labute approximate surface area is 145 Å². The van der Waals surface area contributed by atoms with Gasteiger partial charge in [-0.2, -0.15) is 9.65 Å². The molecule has 1 aliphatic carbocycles. The predicted molar refractivity (Wildman–Crippen MR) is 98.3 cm³/mol. The Hall–Kier alpha value is -1.88. The van der Waals surface area contributed by atoms with Gasteiger partial charge < -0.3 is 0 Å². The van der Waals surface area contributed by atoms with Gasteiger partial charge in [-0.25, -0.2) is 0 Å². The second kappa shape index (κ2) is 10.1. The number of nitriles is 1. The van der Waals surface area contributed by atoms with Gasteiger partial charge >= 0.3 is 0 Å². The lowest BCUT2D eigenvalue weighted by Crippen LogP contribution is -2.11. The van der Waals surface area contributed by atoms with Gasteiger partial charge in [0.05, 0.1) is 0 Å². The van der Waals surface area contributed by atoms with Crippen molar-refractivity contribution in [2.75, 3.05) is 0 Å². The molecule has 0 spiro atoms. The standard InChI is InChI=1S/C22H28FN/c1-2-3-4-6-18-9-13-20(14-10-18)21-15-11-19(12-16-21)7-5-8-22(23)17-24/h5,7-10,13-14,19,21H,2-4,6,11-12,15-16H2,1H3/b7-5+,22-8-/t19-,21-. The maximum absolute atomic E-state index is 12.7. The predicted octanol–water partition coefficient (Wildman–Crippen LogP) is 6.63. The van der Waals surface area contributed by atoms with Crippen LogP contribution in [0.15, 0.2) is 48.3 Å².